The van der Waals surface area contributed by atoms with Crippen LogP contribution in [-0.2, 0) is 9.59 Å². The van der Waals surface area contributed by atoms with Gasteiger partial charge in [0.1, 0.15) is 16.6 Å². The second kappa shape index (κ2) is 9.82. The van der Waals surface area contributed by atoms with Crippen LogP contribution in [0.15, 0.2) is 77.7 Å². The molecule has 31 heavy (non-hydrogen) atoms. The zero-order valence-corrected chi connectivity index (χ0v) is 17.3. The molecular formula is C23H20N2O5S. The molecule has 158 valence electrons. The Bertz CT molecular complexity index is 1120. The first-order valence-corrected chi connectivity index (χ1v) is 10.2. The highest BCUT2D eigenvalue weighted by Crippen LogP contribution is 2.37. The molecule has 0 bridgehead atoms. The summed E-state index contributed by atoms with van der Waals surface area (Å²) < 4.78 is 0. The standard InChI is InChI=1S/C23H20N2O5S/c1-14(26)24-16-8-5-9-18(12-16)31-21(15-6-3-2-4-7-15)22(28)25-17-10-11-20(27)19(13-17)23(29)30/h2-13,21,27H,1H3,(H,24,26)(H,25,28)(H,29,30). The van der Waals surface area contributed by atoms with Crippen LogP contribution in [0.2, 0.25) is 0 Å². The van der Waals surface area contributed by atoms with E-state index in [1.165, 1.54) is 36.9 Å². The average Bonchev–Trinajstić information content (AvgIpc) is 2.73. The van der Waals surface area contributed by atoms with Crippen LogP contribution >= 0.6 is 11.8 Å². The zero-order valence-electron chi connectivity index (χ0n) is 16.5. The first kappa shape index (κ1) is 21.9. The van der Waals surface area contributed by atoms with Gasteiger partial charge in [-0.3, -0.25) is 9.59 Å². The lowest BCUT2D eigenvalue weighted by molar-refractivity contribution is -0.116. The van der Waals surface area contributed by atoms with Crippen molar-refractivity contribution in [1.29, 1.82) is 0 Å². The van der Waals surface area contributed by atoms with E-state index in [2.05, 4.69) is 10.6 Å². The molecule has 3 aromatic carbocycles. The maximum atomic E-state index is 13.1. The number of anilines is 2. The summed E-state index contributed by atoms with van der Waals surface area (Å²) in [6.07, 6.45) is 0. The van der Waals surface area contributed by atoms with Crippen molar-refractivity contribution in [3.05, 3.63) is 83.9 Å². The first-order valence-electron chi connectivity index (χ1n) is 9.30. The van der Waals surface area contributed by atoms with Crippen LogP contribution in [0.5, 0.6) is 5.75 Å². The van der Waals surface area contributed by atoms with Crippen molar-refractivity contribution in [1.82, 2.24) is 0 Å². The number of carboxylic acid groups (broad SMARTS) is 1. The van der Waals surface area contributed by atoms with Gasteiger partial charge in [-0.2, -0.15) is 0 Å². The smallest absolute Gasteiger partial charge is 0.339 e. The van der Waals surface area contributed by atoms with Crippen molar-refractivity contribution in [3.8, 4) is 5.75 Å². The molecule has 7 nitrogen and oxygen atoms in total. The normalized spacial score (nSPS) is 11.4. The molecule has 2 amide bonds. The number of rotatable bonds is 7. The van der Waals surface area contributed by atoms with Gasteiger partial charge in [-0.05, 0) is 42.0 Å². The fraction of sp³-hybridized carbons (Fsp3) is 0.0870. The van der Waals surface area contributed by atoms with Gasteiger partial charge in [-0.1, -0.05) is 36.4 Å². The van der Waals surface area contributed by atoms with Gasteiger partial charge in [-0.25, -0.2) is 4.79 Å². The molecule has 0 aliphatic rings. The van der Waals surface area contributed by atoms with Crippen molar-refractivity contribution < 1.29 is 24.6 Å². The fourth-order valence-corrected chi connectivity index (χ4v) is 3.96. The number of thioether (sulfide) groups is 1. The predicted octanol–water partition coefficient (Wildman–Crippen LogP) is 4.52. The van der Waals surface area contributed by atoms with Crippen molar-refractivity contribution in [3.63, 3.8) is 0 Å². The number of benzene rings is 3. The maximum Gasteiger partial charge on any atom is 0.339 e. The van der Waals surface area contributed by atoms with Crippen LogP contribution in [0.3, 0.4) is 0 Å². The second-order valence-corrected chi connectivity index (χ2v) is 7.82. The monoisotopic (exact) mass is 436 g/mol. The van der Waals surface area contributed by atoms with E-state index in [1.54, 1.807) is 18.2 Å². The van der Waals surface area contributed by atoms with Gasteiger partial charge in [0.25, 0.3) is 0 Å². The highest BCUT2D eigenvalue weighted by atomic mass is 32.2. The summed E-state index contributed by atoms with van der Waals surface area (Å²) in [5, 5.41) is 23.7. The largest absolute Gasteiger partial charge is 0.507 e. The third-order valence-corrected chi connectivity index (χ3v) is 5.49. The minimum Gasteiger partial charge on any atom is -0.507 e. The number of aromatic hydroxyl groups is 1. The Balaban J connectivity index is 1.88. The summed E-state index contributed by atoms with van der Waals surface area (Å²) >= 11 is 1.30. The summed E-state index contributed by atoms with van der Waals surface area (Å²) in [7, 11) is 0. The van der Waals surface area contributed by atoms with Crippen LogP contribution in [-0.4, -0.2) is 28.0 Å². The molecule has 3 rings (SSSR count). The minimum atomic E-state index is -1.29. The molecule has 0 heterocycles. The van der Waals surface area contributed by atoms with Gasteiger partial charge < -0.3 is 20.8 Å². The van der Waals surface area contributed by atoms with Crippen molar-refractivity contribution in [2.45, 2.75) is 17.1 Å². The van der Waals surface area contributed by atoms with E-state index in [4.69, 9.17) is 0 Å². The van der Waals surface area contributed by atoms with Gasteiger partial charge in [-0.15, -0.1) is 11.8 Å². The molecule has 0 spiro atoms. The Morgan fingerprint density at radius 3 is 2.26 bits per heavy atom. The van der Waals surface area contributed by atoms with Gasteiger partial charge in [0.05, 0.1) is 0 Å². The molecule has 1 unspecified atom stereocenters. The Kier molecular flexibility index (Phi) is 6.94. The van der Waals surface area contributed by atoms with Crippen molar-refractivity contribution in [2.24, 2.45) is 0 Å². The Morgan fingerprint density at radius 1 is 0.871 bits per heavy atom. The molecule has 0 aliphatic heterocycles. The highest BCUT2D eigenvalue weighted by Gasteiger charge is 2.23. The molecule has 1 atom stereocenters. The summed E-state index contributed by atoms with van der Waals surface area (Å²) in [5.74, 6) is -2.23. The van der Waals surface area contributed by atoms with Crippen LogP contribution < -0.4 is 10.6 Å². The van der Waals surface area contributed by atoms with E-state index >= 15 is 0 Å². The summed E-state index contributed by atoms with van der Waals surface area (Å²) in [6, 6.07) is 20.2. The van der Waals surface area contributed by atoms with E-state index in [-0.39, 0.29) is 28.8 Å². The number of hydrogen-bond donors (Lipinski definition) is 4. The SMILES string of the molecule is CC(=O)Nc1cccc(SC(C(=O)Nc2ccc(O)c(C(=O)O)c2)c2ccccc2)c1. The van der Waals surface area contributed by atoms with E-state index in [1.807, 2.05) is 36.4 Å². The molecule has 0 saturated heterocycles. The number of carboxylic acids is 1. The van der Waals surface area contributed by atoms with Crippen LogP contribution in [0.4, 0.5) is 11.4 Å². The zero-order chi connectivity index (χ0) is 22.4. The molecule has 0 saturated carbocycles. The average molecular weight is 436 g/mol. The second-order valence-electron chi connectivity index (χ2n) is 6.64. The van der Waals surface area contributed by atoms with E-state index in [0.29, 0.717) is 5.69 Å². The van der Waals surface area contributed by atoms with Crippen LogP contribution in [0.25, 0.3) is 0 Å². The first-order chi connectivity index (χ1) is 14.8. The number of aromatic carboxylic acids is 1. The van der Waals surface area contributed by atoms with Gasteiger partial charge >= 0.3 is 5.97 Å². The quantitative estimate of drug-likeness (QED) is 0.320. The van der Waals surface area contributed by atoms with E-state index in [9.17, 15) is 24.6 Å². The highest BCUT2D eigenvalue weighted by molar-refractivity contribution is 8.00. The molecule has 8 heteroatoms. The number of amides is 2. The van der Waals surface area contributed by atoms with Crippen LogP contribution in [0, 0.1) is 0 Å². The third kappa shape index (κ3) is 5.86. The van der Waals surface area contributed by atoms with Gasteiger partial charge in [0.15, 0.2) is 0 Å². The lowest BCUT2D eigenvalue weighted by Gasteiger charge is -2.18. The minimum absolute atomic E-state index is 0.193. The summed E-state index contributed by atoms with van der Waals surface area (Å²) in [5.41, 5.74) is 1.33. The summed E-state index contributed by atoms with van der Waals surface area (Å²) in [6.45, 7) is 1.42. The number of phenols is 1. The topological polar surface area (TPSA) is 116 Å². The number of carbonyl (C=O) groups excluding carboxylic acids is 2. The molecule has 3 aromatic rings. The molecular weight excluding hydrogens is 416 g/mol. The molecule has 0 aromatic heterocycles. The fourth-order valence-electron chi connectivity index (χ4n) is 2.88. The van der Waals surface area contributed by atoms with E-state index < -0.39 is 11.2 Å². The number of nitrogens with one attached hydrogen (secondary N) is 2. The van der Waals surface area contributed by atoms with Crippen LogP contribution in [0.1, 0.15) is 28.1 Å². The number of hydrogen-bond acceptors (Lipinski definition) is 5. The van der Waals surface area contributed by atoms with Gasteiger partial charge in [0.2, 0.25) is 11.8 Å². The lowest BCUT2D eigenvalue weighted by atomic mass is 10.1. The lowest BCUT2D eigenvalue weighted by Crippen LogP contribution is -2.19. The van der Waals surface area contributed by atoms with E-state index in [0.717, 1.165) is 10.5 Å². The van der Waals surface area contributed by atoms with Crippen molar-refractivity contribution in [2.75, 3.05) is 10.6 Å². The number of carbonyl (C=O) groups is 3. The summed E-state index contributed by atoms with van der Waals surface area (Å²) in [4.78, 5) is 36.5. The predicted molar refractivity (Wildman–Crippen MR) is 119 cm³/mol. The molecule has 0 aliphatic carbocycles. The third-order valence-electron chi connectivity index (χ3n) is 4.24. The Hall–Kier alpha value is -3.78. The Labute approximate surface area is 183 Å². The molecule has 0 fully saturated rings. The molecule has 4 N–H and O–H groups in total. The maximum absolute atomic E-state index is 13.1. The van der Waals surface area contributed by atoms with Crippen molar-refractivity contribution >= 4 is 40.9 Å². The molecule has 0 radical (unpaired) electrons. The Morgan fingerprint density at radius 2 is 1.58 bits per heavy atom. The van der Waals surface area contributed by atoms with Gasteiger partial charge in [0, 0.05) is 23.2 Å².